The first kappa shape index (κ1) is 70.1. The van der Waals surface area contributed by atoms with Crippen molar-refractivity contribution in [1.29, 1.82) is 0 Å². The number of carbonyl (C=O) groups excluding carboxylic acids is 4. The van der Waals surface area contributed by atoms with Gasteiger partial charge in [0.25, 0.3) is 10.1 Å². The number of nitrogen functional groups attached to an aromatic ring is 2. The van der Waals surface area contributed by atoms with Crippen LogP contribution in [0.2, 0.25) is 0 Å². The van der Waals surface area contributed by atoms with Crippen LogP contribution < -0.4 is 111 Å². The molecule has 4 rings (SSSR count). The molecule has 0 radical (unpaired) electrons. The number of rotatable bonds is 11. The fraction of sp³-hybridized carbons (Fsp3) is 0. The molecule has 0 aromatic heterocycles. The molecule has 8 N–H and O–H groups in total. The van der Waals surface area contributed by atoms with E-state index in [4.69, 9.17) is 58.4 Å². The van der Waals surface area contributed by atoms with Gasteiger partial charge in [0.15, 0.2) is 0 Å². The molecule has 0 aliphatic rings. The molecule has 0 aliphatic heterocycles. The Labute approximate surface area is 447 Å². The average molecular weight is 1030 g/mol. The van der Waals surface area contributed by atoms with Crippen LogP contribution in [0.5, 0.6) is 0 Å². The van der Waals surface area contributed by atoms with E-state index in [2.05, 4.69) is 46.4 Å². The minimum atomic E-state index is -4.81. The molecule has 2 amide bonds. The first-order chi connectivity index (χ1) is 28.8. The Bertz CT molecular complexity index is 2650. The summed E-state index contributed by atoms with van der Waals surface area (Å²) >= 11 is 4.71. The van der Waals surface area contributed by atoms with E-state index in [1.165, 1.54) is 36.4 Å². The zero-order valence-electron chi connectivity index (χ0n) is 34.9. The zero-order chi connectivity index (χ0) is 48.2. The number of anilines is 4. The van der Waals surface area contributed by atoms with Gasteiger partial charge in [-0.3, -0.25) is 28.6 Å². The van der Waals surface area contributed by atoms with Gasteiger partial charge in [-0.25, -0.2) is 13.7 Å². The first-order valence-corrected chi connectivity index (χ1v) is 20.5. The Morgan fingerprint density at radius 2 is 1.15 bits per heavy atom. The number of benzene rings is 4. The standard InChI is InChI=1S/C18H15N2O5S.C12H12N2O3S.C3H3ClO.CH2O4.3Na.2O3S.H/c1-3-17(21)19-13-7-5-12(6-8-13)15-10-9-14(20-18(22)4-2)11-16(15)26(23,24)25;13-9-3-1-8(2-4-9)11-6-5-10(14)7-12(11)18(15,16)17;1-2-3(4)5;2-1-4-5-3;;;;2*1-4(2)3;/h3-5,7-11H,1-2H2,(H,19,21)(H,20,22)(H,23,24,25);1-7H,13-14H2,(H,15,16,17);2H,1H2;1,3H;;;;;;/q-1;;;;3*+1;;;-1/p-1. The van der Waals surface area contributed by atoms with Gasteiger partial charge in [0.05, 0.1) is 0 Å². The molecule has 336 valence electrons. The van der Waals surface area contributed by atoms with Crippen molar-refractivity contribution in [2.75, 3.05) is 22.1 Å². The molecule has 4 aromatic rings. The molecule has 0 unspecified atom stereocenters. The van der Waals surface area contributed by atoms with Crippen molar-refractivity contribution >= 4 is 99.3 Å². The molecule has 65 heavy (non-hydrogen) atoms. The molecule has 31 heteroatoms. The topological polar surface area (TPSA) is 397 Å². The molecular formula is C34H32ClN4Na3O19S4. The molecule has 0 bridgehead atoms. The minimum absolute atomic E-state index is 0. The summed E-state index contributed by atoms with van der Waals surface area (Å²) in [6.45, 7) is 9.67. The fourth-order valence-electron chi connectivity index (χ4n) is 3.76. The maximum absolute atomic E-state index is 11.6. The van der Waals surface area contributed by atoms with Gasteiger partial charge in [-0.05, 0) is 82.5 Å². The van der Waals surface area contributed by atoms with Crippen molar-refractivity contribution in [3.63, 3.8) is 0 Å². The SMILES string of the molecule is C=CC(=O)Cl.C=CC(=O)Nc1c[c-]c(-c2ccc(NC(=O)C=C)cc2S(=O)(=O)[O-])cc1.Nc1ccc(-c2ccc(N)cc2S(=O)(=O)O)cc1.O=COOO.O=S(=O)=O.O=S(=O)=O.[H-].[Na+].[Na+].[Na+]. The van der Waals surface area contributed by atoms with Crippen molar-refractivity contribution in [2.45, 2.75) is 9.79 Å². The molecular weight excluding hydrogens is 1000 g/mol. The Hall–Kier alpha value is -3.95. The van der Waals surface area contributed by atoms with E-state index < -0.39 is 63.4 Å². The number of hydrogen-bond acceptors (Lipinski definition) is 20. The van der Waals surface area contributed by atoms with Crippen LogP contribution in [0.3, 0.4) is 0 Å². The van der Waals surface area contributed by atoms with Crippen LogP contribution in [0.25, 0.3) is 22.3 Å². The summed E-state index contributed by atoms with van der Waals surface area (Å²) in [4.78, 5) is 43.5. The summed E-state index contributed by atoms with van der Waals surface area (Å²) in [6, 6.07) is 22.2. The first-order valence-electron chi connectivity index (χ1n) is 15.2. The number of nitrogens with two attached hydrogens (primary N) is 2. The average Bonchev–Trinajstić information content (AvgIpc) is 3.18. The van der Waals surface area contributed by atoms with Crippen molar-refractivity contribution in [2.24, 2.45) is 0 Å². The third-order valence-electron chi connectivity index (χ3n) is 6.01. The normalized spacial score (nSPS) is 9.17. The van der Waals surface area contributed by atoms with E-state index in [9.17, 15) is 40.3 Å². The Morgan fingerprint density at radius 3 is 1.51 bits per heavy atom. The molecule has 0 saturated carbocycles. The Balaban J connectivity index is -0.000000195. The van der Waals surface area contributed by atoms with Crippen molar-refractivity contribution in [3.8, 4) is 22.3 Å². The molecule has 4 aromatic carbocycles. The predicted molar refractivity (Wildman–Crippen MR) is 219 cm³/mol. The zero-order valence-corrected chi connectivity index (χ0v) is 44.0. The molecule has 0 fully saturated rings. The summed E-state index contributed by atoms with van der Waals surface area (Å²) < 4.78 is 117. The number of carbonyl (C=O) groups is 4. The maximum atomic E-state index is 11.6. The molecule has 23 nitrogen and oxygen atoms in total. The number of allylic oxidation sites excluding steroid dienone is 1. The number of hydrogen-bond donors (Lipinski definition) is 6. The number of amides is 2. The summed E-state index contributed by atoms with van der Waals surface area (Å²) in [5.74, 6) is -0.947. The van der Waals surface area contributed by atoms with Crippen molar-refractivity contribution < 1.29 is 176 Å². The third-order valence-corrected chi connectivity index (χ3v) is 7.93. The summed E-state index contributed by atoms with van der Waals surface area (Å²) in [6.07, 6.45) is 3.16. The van der Waals surface area contributed by atoms with Crippen molar-refractivity contribution in [3.05, 3.63) is 123 Å². The second-order valence-corrected chi connectivity index (χ2v) is 14.0. The second-order valence-electron chi connectivity index (χ2n) is 10.1. The van der Waals surface area contributed by atoms with Gasteiger partial charge >= 0.3 is 116 Å². The monoisotopic (exact) mass is 1030 g/mol. The van der Waals surface area contributed by atoms with E-state index in [0.717, 1.165) is 24.3 Å². The third kappa shape index (κ3) is 33.2. The van der Waals surface area contributed by atoms with E-state index in [0.29, 0.717) is 28.1 Å². The molecule has 0 aliphatic carbocycles. The van der Waals surface area contributed by atoms with Gasteiger partial charge in [-0.15, -0.1) is 55.1 Å². The molecule has 0 atom stereocenters. The van der Waals surface area contributed by atoms with Crippen LogP contribution in [-0.4, -0.2) is 80.0 Å². The summed E-state index contributed by atoms with van der Waals surface area (Å²) in [5.41, 5.74) is 14.0. The van der Waals surface area contributed by atoms with Crippen LogP contribution in [0, 0.1) is 6.07 Å². The second kappa shape index (κ2) is 37.2. The molecule has 0 heterocycles. The van der Waals surface area contributed by atoms with Gasteiger partial charge < -0.3 is 28.1 Å². The Kier molecular flexibility index (Phi) is 40.1. The number of nitrogens with one attached hydrogen (secondary N) is 2. The number of halogens is 1. The van der Waals surface area contributed by atoms with Crippen LogP contribution in [0.1, 0.15) is 1.43 Å². The summed E-state index contributed by atoms with van der Waals surface area (Å²) in [5, 5.41) is 14.3. The van der Waals surface area contributed by atoms with Crippen LogP contribution in [0.15, 0.2) is 127 Å². The van der Waals surface area contributed by atoms with Gasteiger partial charge in [-0.1, -0.05) is 49.6 Å². The van der Waals surface area contributed by atoms with Crippen LogP contribution >= 0.6 is 11.6 Å². The van der Waals surface area contributed by atoms with E-state index >= 15 is 0 Å². The van der Waals surface area contributed by atoms with Gasteiger partial charge in [0, 0.05) is 27.5 Å². The molecule has 0 saturated heterocycles. The van der Waals surface area contributed by atoms with E-state index in [-0.39, 0.29) is 118 Å². The van der Waals surface area contributed by atoms with Crippen LogP contribution in [0.4, 0.5) is 22.7 Å². The van der Waals surface area contributed by atoms with E-state index in [1.54, 1.807) is 36.4 Å². The minimum Gasteiger partial charge on any atom is -1.00 e. The van der Waals surface area contributed by atoms with Gasteiger partial charge in [-0.2, -0.15) is 8.42 Å². The smallest absolute Gasteiger partial charge is 1.00 e. The quantitative estimate of drug-likeness (QED) is 0.00936. The van der Waals surface area contributed by atoms with E-state index in [1.807, 2.05) is 0 Å². The predicted octanol–water partition coefficient (Wildman–Crippen LogP) is -6.31. The Morgan fingerprint density at radius 1 is 0.723 bits per heavy atom. The van der Waals surface area contributed by atoms with Gasteiger partial charge in [0.1, 0.15) is 15.0 Å². The summed E-state index contributed by atoms with van der Waals surface area (Å²) in [7, 11) is -15.4. The maximum Gasteiger partial charge on any atom is 1.00 e. The van der Waals surface area contributed by atoms with Crippen LogP contribution in [-0.2, 0) is 70.6 Å². The van der Waals surface area contributed by atoms with Crippen molar-refractivity contribution in [1.82, 2.24) is 0 Å². The largest absolute Gasteiger partial charge is 1.00 e. The molecule has 0 spiro atoms. The fourth-order valence-corrected chi connectivity index (χ4v) is 5.22. The van der Waals surface area contributed by atoms with Gasteiger partial charge in [0.2, 0.25) is 17.1 Å².